The van der Waals surface area contributed by atoms with Crippen LogP contribution in [0.3, 0.4) is 0 Å². The van der Waals surface area contributed by atoms with Crippen molar-refractivity contribution in [1.82, 2.24) is 0 Å². The molecule has 4 rings (SSSR count). The summed E-state index contributed by atoms with van der Waals surface area (Å²) in [4.78, 5) is 17.0. The van der Waals surface area contributed by atoms with E-state index >= 15 is 0 Å². The quantitative estimate of drug-likeness (QED) is 0.296. The van der Waals surface area contributed by atoms with Crippen LogP contribution >= 0.6 is 0 Å². The number of hydrogen-bond donors (Lipinski definition) is 1. The van der Waals surface area contributed by atoms with E-state index in [1.165, 1.54) is 0 Å². The Balaban J connectivity index is 1.90. The van der Waals surface area contributed by atoms with Crippen molar-refractivity contribution in [2.45, 2.75) is 57.8 Å². The molecule has 0 saturated carbocycles. The number of ether oxygens (including phenoxy) is 2. The van der Waals surface area contributed by atoms with E-state index in [1.54, 1.807) is 32.4 Å². The van der Waals surface area contributed by atoms with E-state index in [0.29, 0.717) is 52.7 Å². The Morgan fingerprint density at radius 1 is 0.878 bits per heavy atom. The molecule has 0 atom stereocenters. The van der Waals surface area contributed by atoms with Crippen LogP contribution in [0.4, 0.5) is 11.4 Å². The van der Waals surface area contributed by atoms with Gasteiger partial charge in [0.2, 0.25) is 0 Å². The Kier molecular flexibility index (Phi) is 8.99. The minimum Gasteiger partial charge on any atom is -0.497 e. The predicted octanol–water partition coefficient (Wildman–Crippen LogP) is 6.32. The molecule has 1 amide bonds. The molecule has 0 unspecified atom stereocenters. The number of carbonyl (C=O) groups excluding carboxylic acids is 1. The van der Waals surface area contributed by atoms with E-state index in [-0.39, 0.29) is 17.5 Å². The third-order valence-electron chi connectivity index (χ3n) is 8.04. The number of benzene rings is 3. The molecular weight excluding hydrogens is 540 g/mol. The highest BCUT2D eigenvalue weighted by atomic mass is 32.2. The average molecular weight is 581 g/mol. The lowest BCUT2D eigenvalue weighted by molar-refractivity contribution is -0.123. The highest BCUT2D eigenvalue weighted by molar-refractivity contribution is 7.88. The van der Waals surface area contributed by atoms with Crippen molar-refractivity contribution >= 4 is 27.6 Å². The zero-order valence-electron chi connectivity index (χ0n) is 24.6. The zero-order valence-corrected chi connectivity index (χ0v) is 25.4. The Morgan fingerprint density at radius 3 is 2.00 bits per heavy atom. The number of anilines is 2. The molecule has 3 aromatic rings. The van der Waals surface area contributed by atoms with Crippen LogP contribution in [0.1, 0.15) is 69.1 Å². The van der Waals surface area contributed by atoms with Gasteiger partial charge in [0, 0.05) is 13.1 Å². The molecule has 3 aromatic carbocycles. The SMILES string of the molecule is COc1cccc(C2(C(=O)N(c3c(C(C)C)cccc3C(C)C)S(=O)(=O)O)CCN(c3ccccc3OC)CC2)c1. The standard InChI is InChI=1S/C32H40N2O6S/c1-22(2)26-13-10-14-27(23(3)4)30(26)34(41(36,37)38)31(35)32(24-11-9-12-25(21-24)39-5)17-19-33(20-18-32)28-15-7-8-16-29(28)40-6/h7-16,21-23H,17-20H2,1-6H3,(H,36,37,38). The Bertz CT molecular complexity index is 1470. The zero-order chi connectivity index (χ0) is 29.9. The molecule has 1 N–H and O–H groups in total. The molecule has 1 aliphatic rings. The second kappa shape index (κ2) is 12.1. The van der Waals surface area contributed by atoms with Crippen LogP contribution in [-0.4, -0.2) is 46.2 Å². The van der Waals surface area contributed by atoms with E-state index in [0.717, 1.165) is 11.4 Å². The first kappa shape index (κ1) is 30.4. The van der Waals surface area contributed by atoms with Crippen LogP contribution in [-0.2, 0) is 20.5 Å². The van der Waals surface area contributed by atoms with Crippen LogP contribution in [0.5, 0.6) is 11.5 Å². The molecule has 1 saturated heterocycles. The van der Waals surface area contributed by atoms with Crippen molar-refractivity contribution in [3.8, 4) is 11.5 Å². The fraction of sp³-hybridized carbons (Fsp3) is 0.406. The van der Waals surface area contributed by atoms with Gasteiger partial charge in [0.15, 0.2) is 0 Å². The van der Waals surface area contributed by atoms with Crippen molar-refractivity contribution in [1.29, 1.82) is 0 Å². The molecule has 8 nitrogen and oxygen atoms in total. The van der Waals surface area contributed by atoms with E-state index in [9.17, 15) is 17.8 Å². The average Bonchev–Trinajstić information content (AvgIpc) is 2.96. The first-order valence-electron chi connectivity index (χ1n) is 13.9. The van der Waals surface area contributed by atoms with Gasteiger partial charge in [-0.1, -0.05) is 70.2 Å². The Hall–Kier alpha value is -3.56. The number of carbonyl (C=O) groups is 1. The van der Waals surface area contributed by atoms with Crippen LogP contribution in [0.15, 0.2) is 66.7 Å². The molecule has 1 heterocycles. The maximum absolute atomic E-state index is 14.9. The topological polar surface area (TPSA) is 96.4 Å². The summed E-state index contributed by atoms with van der Waals surface area (Å²) < 4.78 is 48.9. The Labute approximate surface area is 243 Å². The first-order valence-corrected chi connectivity index (χ1v) is 15.3. The number of rotatable bonds is 9. The maximum Gasteiger partial charge on any atom is 0.366 e. The second-order valence-electron chi connectivity index (χ2n) is 11.1. The number of para-hydroxylation sites is 3. The number of nitrogens with zero attached hydrogens (tertiary/aromatic N) is 2. The molecule has 0 radical (unpaired) electrons. The minimum atomic E-state index is -5.00. The minimum absolute atomic E-state index is 0.0964. The summed E-state index contributed by atoms with van der Waals surface area (Å²) >= 11 is 0. The van der Waals surface area contributed by atoms with Gasteiger partial charge in [-0.2, -0.15) is 12.7 Å². The molecule has 1 aliphatic heterocycles. The fourth-order valence-electron chi connectivity index (χ4n) is 5.83. The maximum atomic E-state index is 14.9. The molecule has 41 heavy (non-hydrogen) atoms. The summed E-state index contributed by atoms with van der Waals surface area (Å²) in [5.74, 6) is 0.412. The summed E-state index contributed by atoms with van der Waals surface area (Å²) in [6, 6.07) is 20.4. The summed E-state index contributed by atoms with van der Waals surface area (Å²) in [5.41, 5.74) is 1.88. The summed E-state index contributed by atoms with van der Waals surface area (Å²) in [5, 5.41) is 0. The van der Waals surface area contributed by atoms with E-state index in [2.05, 4.69) is 4.90 Å². The van der Waals surface area contributed by atoms with Crippen molar-refractivity contribution in [2.75, 3.05) is 36.5 Å². The fourth-order valence-corrected chi connectivity index (χ4v) is 6.66. The summed E-state index contributed by atoms with van der Waals surface area (Å²) in [6.07, 6.45) is 0.619. The highest BCUT2D eigenvalue weighted by Gasteiger charge is 2.49. The molecule has 0 aliphatic carbocycles. The molecule has 1 fully saturated rings. The van der Waals surface area contributed by atoms with Gasteiger partial charge in [-0.3, -0.25) is 9.35 Å². The lowest BCUT2D eigenvalue weighted by atomic mass is 9.71. The van der Waals surface area contributed by atoms with Gasteiger partial charge in [-0.05, 0) is 65.6 Å². The van der Waals surface area contributed by atoms with E-state index in [1.807, 2.05) is 76.2 Å². The van der Waals surface area contributed by atoms with Gasteiger partial charge < -0.3 is 14.4 Å². The highest BCUT2D eigenvalue weighted by Crippen LogP contribution is 2.45. The first-order chi connectivity index (χ1) is 19.4. The number of methoxy groups -OCH3 is 2. The van der Waals surface area contributed by atoms with Crippen LogP contribution in [0.25, 0.3) is 0 Å². The number of amides is 1. The monoisotopic (exact) mass is 580 g/mol. The van der Waals surface area contributed by atoms with E-state index in [4.69, 9.17) is 9.47 Å². The lowest BCUT2D eigenvalue weighted by Gasteiger charge is -2.44. The third-order valence-corrected chi connectivity index (χ3v) is 8.85. The summed E-state index contributed by atoms with van der Waals surface area (Å²) in [7, 11) is -1.83. The van der Waals surface area contributed by atoms with Gasteiger partial charge in [0.25, 0.3) is 5.91 Å². The predicted molar refractivity (Wildman–Crippen MR) is 163 cm³/mol. The van der Waals surface area contributed by atoms with Crippen molar-refractivity contribution in [3.05, 3.63) is 83.4 Å². The molecule has 0 aromatic heterocycles. The smallest absolute Gasteiger partial charge is 0.366 e. The normalized spacial score (nSPS) is 15.2. The van der Waals surface area contributed by atoms with Gasteiger partial charge in [-0.15, -0.1) is 0 Å². The van der Waals surface area contributed by atoms with Gasteiger partial charge >= 0.3 is 10.3 Å². The lowest BCUT2D eigenvalue weighted by Crippen LogP contribution is -2.55. The molecule has 0 bridgehead atoms. The molecule has 9 heteroatoms. The van der Waals surface area contributed by atoms with Crippen molar-refractivity contribution in [2.24, 2.45) is 0 Å². The van der Waals surface area contributed by atoms with E-state index < -0.39 is 21.6 Å². The van der Waals surface area contributed by atoms with Crippen LogP contribution in [0.2, 0.25) is 0 Å². The number of hydrogen-bond acceptors (Lipinski definition) is 6. The molecule has 220 valence electrons. The van der Waals surface area contributed by atoms with Gasteiger partial charge in [0.1, 0.15) is 11.5 Å². The third kappa shape index (κ3) is 5.92. The largest absolute Gasteiger partial charge is 0.497 e. The molecular formula is C32H40N2O6S. The van der Waals surface area contributed by atoms with Gasteiger partial charge in [0.05, 0.1) is 31.0 Å². The van der Waals surface area contributed by atoms with Crippen molar-refractivity contribution in [3.63, 3.8) is 0 Å². The van der Waals surface area contributed by atoms with Gasteiger partial charge in [-0.25, -0.2) is 0 Å². The van der Waals surface area contributed by atoms with Crippen LogP contribution < -0.4 is 18.7 Å². The van der Waals surface area contributed by atoms with Crippen molar-refractivity contribution < 1.29 is 27.2 Å². The molecule has 0 spiro atoms. The van der Waals surface area contributed by atoms with Crippen LogP contribution in [0, 0.1) is 0 Å². The second-order valence-corrected chi connectivity index (χ2v) is 12.4. The summed E-state index contributed by atoms with van der Waals surface area (Å²) in [6.45, 7) is 8.70. The Morgan fingerprint density at radius 2 is 1.46 bits per heavy atom. The number of piperidine rings is 1.